The van der Waals surface area contributed by atoms with E-state index in [0.717, 1.165) is 30.0 Å². The van der Waals surface area contributed by atoms with Gasteiger partial charge in [0.1, 0.15) is 5.75 Å². The molecule has 3 heteroatoms. The minimum atomic E-state index is 0.484. The van der Waals surface area contributed by atoms with Gasteiger partial charge in [0.2, 0.25) is 0 Å². The number of fused-ring (bicyclic) bond motifs is 1. The largest absolute Gasteiger partial charge is 0.494 e. The lowest BCUT2D eigenvalue weighted by atomic mass is 9.89. The molecule has 1 aromatic carbocycles. The molecule has 0 aliphatic heterocycles. The Kier molecular flexibility index (Phi) is 4.37. The van der Waals surface area contributed by atoms with Crippen molar-refractivity contribution < 1.29 is 4.74 Å². The molecule has 0 bridgehead atoms. The number of rotatable bonds is 6. The standard InChI is InChI=1S/C17H24BrNO/c1-3-19-17(13-8-11-7-12(11)9-13)15-6-5-14(20-4-2)10-16(15)18/h5-6,10-13,17,19H,3-4,7-9H2,1-2H3. The van der Waals surface area contributed by atoms with E-state index < -0.39 is 0 Å². The maximum Gasteiger partial charge on any atom is 0.120 e. The van der Waals surface area contributed by atoms with Crippen LogP contribution in [0.2, 0.25) is 0 Å². The van der Waals surface area contributed by atoms with Crippen molar-refractivity contribution >= 4 is 15.9 Å². The smallest absolute Gasteiger partial charge is 0.120 e. The molecular formula is C17H24BrNO. The summed E-state index contributed by atoms with van der Waals surface area (Å²) in [5.41, 5.74) is 1.39. The summed E-state index contributed by atoms with van der Waals surface area (Å²) in [6, 6.07) is 6.92. The normalized spacial score (nSPS) is 29.1. The molecule has 0 heterocycles. The summed E-state index contributed by atoms with van der Waals surface area (Å²) in [6.45, 7) is 5.96. The van der Waals surface area contributed by atoms with E-state index in [-0.39, 0.29) is 0 Å². The van der Waals surface area contributed by atoms with Crippen molar-refractivity contribution in [1.82, 2.24) is 5.32 Å². The summed E-state index contributed by atoms with van der Waals surface area (Å²) in [7, 11) is 0. The lowest BCUT2D eigenvalue weighted by Crippen LogP contribution is -2.28. The zero-order chi connectivity index (χ0) is 14.1. The second-order valence-electron chi connectivity index (χ2n) is 6.14. The Balaban J connectivity index is 1.79. The first-order valence-electron chi connectivity index (χ1n) is 7.88. The Bertz CT molecular complexity index is 466. The predicted octanol–water partition coefficient (Wildman–Crippen LogP) is 4.54. The third-order valence-corrected chi connectivity index (χ3v) is 5.48. The van der Waals surface area contributed by atoms with Crippen LogP contribution in [0.25, 0.3) is 0 Å². The second-order valence-corrected chi connectivity index (χ2v) is 6.99. The molecule has 2 fully saturated rings. The van der Waals surface area contributed by atoms with Crippen LogP contribution in [0.5, 0.6) is 5.75 Å². The molecule has 3 rings (SSSR count). The molecule has 2 saturated carbocycles. The van der Waals surface area contributed by atoms with Gasteiger partial charge >= 0.3 is 0 Å². The van der Waals surface area contributed by atoms with E-state index in [0.29, 0.717) is 12.6 Å². The summed E-state index contributed by atoms with van der Waals surface area (Å²) in [5, 5.41) is 3.70. The maximum absolute atomic E-state index is 5.58. The Morgan fingerprint density at radius 2 is 2.00 bits per heavy atom. The lowest BCUT2D eigenvalue weighted by molar-refractivity contribution is 0.335. The first-order chi connectivity index (χ1) is 9.72. The Morgan fingerprint density at radius 1 is 1.25 bits per heavy atom. The number of hydrogen-bond acceptors (Lipinski definition) is 2. The van der Waals surface area contributed by atoms with E-state index in [4.69, 9.17) is 4.74 Å². The summed E-state index contributed by atoms with van der Waals surface area (Å²) in [6.07, 6.45) is 4.30. The van der Waals surface area contributed by atoms with Gasteiger partial charge in [-0.05, 0) is 68.2 Å². The zero-order valence-electron chi connectivity index (χ0n) is 12.4. The van der Waals surface area contributed by atoms with Crippen molar-refractivity contribution in [3.05, 3.63) is 28.2 Å². The van der Waals surface area contributed by atoms with Gasteiger partial charge < -0.3 is 10.1 Å². The molecule has 3 unspecified atom stereocenters. The van der Waals surface area contributed by atoms with Gasteiger partial charge in [0, 0.05) is 10.5 Å². The molecule has 0 saturated heterocycles. The summed E-state index contributed by atoms with van der Waals surface area (Å²) >= 11 is 3.74. The summed E-state index contributed by atoms with van der Waals surface area (Å²) in [5.74, 6) is 3.81. The third kappa shape index (κ3) is 2.89. The molecule has 2 nitrogen and oxygen atoms in total. The Labute approximate surface area is 130 Å². The van der Waals surface area contributed by atoms with E-state index in [1.165, 1.54) is 29.3 Å². The van der Waals surface area contributed by atoms with Crippen LogP contribution < -0.4 is 10.1 Å². The van der Waals surface area contributed by atoms with Crippen LogP contribution in [0.15, 0.2) is 22.7 Å². The number of hydrogen-bond donors (Lipinski definition) is 1. The van der Waals surface area contributed by atoms with Crippen LogP contribution >= 0.6 is 15.9 Å². The molecule has 0 spiro atoms. The van der Waals surface area contributed by atoms with Gasteiger partial charge in [0.25, 0.3) is 0 Å². The molecule has 20 heavy (non-hydrogen) atoms. The van der Waals surface area contributed by atoms with E-state index >= 15 is 0 Å². The van der Waals surface area contributed by atoms with Crippen LogP contribution in [0.1, 0.15) is 44.7 Å². The Hall–Kier alpha value is -0.540. The van der Waals surface area contributed by atoms with Gasteiger partial charge in [-0.2, -0.15) is 0 Å². The second kappa shape index (κ2) is 6.07. The molecule has 2 aliphatic carbocycles. The van der Waals surface area contributed by atoms with Crippen molar-refractivity contribution in [3.8, 4) is 5.75 Å². The minimum absolute atomic E-state index is 0.484. The van der Waals surface area contributed by atoms with E-state index in [1.54, 1.807) is 0 Å². The van der Waals surface area contributed by atoms with Crippen LogP contribution in [0.3, 0.4) is 0 Å². The number of benzene rings is 1. The molecule has 3 atom stereocenters. The molecular weight excluding hydrogens is 314 g/mol. The average Bonchev–Trinajstić information content (AvgIpc) is 3.04. The zero-order valence-corrected chi connectivity index (χ0v) is 13.9. The van der Waals surface area contributed by atoms with E-state index in [2.05, 4.69) is 46.4 Å². The first kappa shape index (κ1) is 14.4. The molecule has 110 valence electrons. The lowest BCUT2D eigenvalue weighted by Gasteiger charge is -2.27. The molecule has 2 aliphatic rings. The fourth-order valence-electron chi connectivity index (χ4n) is 3.80. The van der Waals surface area contributed by atoms with Gasteiger partial charge in [-0.1, -0.05) is 28.9 Å². The van der Waals surface area contributed by atoms with Crippen molar-refractivity contribution in [2.75, 3.05) is 13.2 Å². The van der Waals surface area contributed by atoms with Crippen LogP contribution in [0.4, 0.5) is 0 Å². The molecule has 0 aromatic heterocycles. The van der Waals surface area contributed by atoms with Gasteiger partial charge in [-0.15, -0.1) is 0 Å². The van der Waals surface area contributed by atoms with Gasteiger partial charge in [0.05, 0.1) is 6.61 Å². The van der Waals surface area contributed by atoms with Crippen LogP contribution in [-0.2, 0) is 0 Å². The number of ether oxygens (including phenoxy) is 1. The fourth-order valence-corrected chi connectivity index (χ4v) is 4.41. The summed E-state index contributed by atoms with van der Waals surface area (Å²) < 4.78 is 6.76. The predicted molar refractivity (Wildman–Crippen MR) is 86.0 cm³/mol. The van der Waals surface area contributed by atoms with Crippen LogP contribution in [0, 0.1) is 17.8 Å². The summed E-state index contributed by atoms with van der Waals surface area (Å²) in [4.78, 5) is 0. The van der Waals surface area contributed by atoms with Crippen molar-refractivity contribution in [2.24, 2.45) is 17.8 Å². The highest BCUT2D eigenvalue weighted by molar-refractivity contribution is 9.10. The van der Waals surface area contributed by atoms with Gasteiger partial charge in [-0.25, -0.2) is 0 Å². The highest BCUT2D eigenvalue weighted by Gasteiger charge is 2.48. The van der Waals surface area contributed by atoms with Gasteiger partial charge in [0.15, 0.2) is 0 Å². The average molecular weight is 338 g/mol. The van der Waals surface area contributed by atoms with Crippen molar-refractivity contribution in [2.45, 2.75) is 39.2 Å². The van der Waals surface area contributed by atoms with E-state index in [9.17, 15) is 0 Å². The van der Waals surface area contributed by atoms with Crippen molar-refractivity contribution in [3.63, 3.8) is 0 Å². The number of nitrogens with one attached hydrogen (secondary N) is 1. The highest BCUT2D eigenvalue weighted by atomic mass is 79.9. The molecule has 0 amide bonds. The highest BCUT2D eigenvalue weighted by Crippen LogP contribution is 2.57. The Morgan fingerprint density at radius 3 is 2.60 bits per heavy atom. The maximum atomic E-state index is 5.58. The van der Waals surface area contributed by atoms with E-state index in [1.807, 2.05) is 6.92 Å². The monoisotopic (exact) mass is 337 g/mol. The molecule has 1 N–H and O–H groups in total. The van der Waals surface area contributed by atoms with Gasteiger partial charge in [-0.3, -0.25) is 0 Å². The number of halogens is 1. The third-order valence-electron chi connectivity index (χ3n) is 4.79. The fraction of sp³-hybridized carbons (Fsp3) is 0.647. The SMILES string of the molecule is CCNC(c1ccc(OCC)cc1Br)C1CC2CC2C1. The first-order valence-corrected chi connectivity index (χ1v) is 8.67. The topological polar surface area (TPSA) is 21.3 Å². The van der Waals surface area contributed by atoms with Crippen molar-refractivity contribution in [1.29, 1.82) is 0 Å². The van der Waals surface area contributed by atoms with Crippen LogP contribution in [-0.4, -0.2) is 13.2 Å². The minimum Gasteiger partial charge on any atom is -0.494 e. The quantitative estimate of drug-likeness (QED) is 0.822. The molecule has 1 aromatic rings. The molecule has 0 radical (unpaired) electrons.